The Morgan fingerprint density at radius 3 is 2.69 bits per heavy atom. The lowest BCUT2D eigenvalue weighted by Gasteiger charge is -2.18. The Kier molecular flexibility index (Phi) is 3.62. The number of allylic oxidation sites excluding steroid dienone is 4. The van der Waals surface area contributed by atoms with Gasteiger partial charge in [0, 0.05) is 19.6 Å². The van der Waals surface area contributed by atoms with Gasteiger partial charge in [-0.15, -0.1) is 0 Å². The molecule has 0 aliphatic carbocycles. The van der Waals surface area contributed by atoms with E-state index in [1.807, 2.05) is 35.7 Å². The minimum absolute atomic E-state index is 1.32. The molecule has 0 nitrogen and oxygen atoms in total. The fourth-order valence-corrected chi connectivity index (χ4v) is 3.73. The van der Waals surface area contributed by atoms with Crippen LogP contribution >= 0.6 is 23.5 Å². The monoisotopic (exact) mass is 246 g/mol. The van der Waals surface area contributed by atoms with E-state index in [4.69, 9.17) is 0 Å². The minimum Gasteiger partial charge on any atom is -0.0991 e. The molecule has 0 atom stereocenters. The maximum Gasteiger partial charge on any atom is 0.0264 e. The Morgan fingerprint density at radius 1 is 1.12 bits per heavy atom. The molecule has 0 aromatic heterocycles. The summed E-state index contributed by atoms with van der Waals surface area (Å²) in [5, 5.41) is 0. The summed E-state index contributed by atoms with van der Waals surface area (Å²) < 4.78 is 0. The summed E-state index contributed by atoms with van der Waals surface area (Å²) in [5.41, 5.74) is 1.32. The average molecular weight is 246 g/mol. The van der Waals surface area contributed by atoms with Crippen LogP contribution in [0.5, 0.6) is 0 Å². The van der Waals surface area contributed by atoms with Crippen molar-refractivity contribution in [3.8, 4) is 0 Å². The zero-order valence-corrected chi connectivity index (χ0v) is 11.1. The number of fused-ring (bicyclic) bond motifs is 1. The van der Waals surface area contributed by atoms with E-state index in [0.717, 1.165) is 0 Å². The molecule has 0 fully saturated rings. The third kappa shape index (κ3) is 2.45. The van der Waals surface area contributed by atoms with Crippen molar-refractivity contribution >= 4 is 23.5 Å². The zero-order chi connectivity index (χ0) is 11.5. The van der Waals surface area contributed by atoms with Crippen molar-refractivity contribution in [3.05, 3.63) is 58.4 Å². The van der Waals surface area contributed by atoms with Crippen molar-refractivity contribution in [2.75, 3.05) is 0 Å². The largest absolute Gasteiger partial charge is 0.0991 e. The summed E-state index contributed by atoms with van der Waals surface area (Å²) in [5.74, 6) is 0. The van der Waals surface area contributed by atoms with Gasteiger partial charge in [-0.1, -0.05) is 48.3 Å². The molecule has 2 heteroatoms. The van der Waals surface area contributed by atoms with Crippen LogP contribution in [-0.2, 0) is 0 Å². The summed E-state index contributed by atoms with van der Waals surface area (Å²) >= 11 is 3.70. The molecule has 1 aliphatic heterocycles. The molecule has 0 bridgehead atoms. The van der Waals surface area contributed by atoms with Crippen LogP contribution in [0.3, 0.4) is 0 Å². The molecule has 1 heterocycles. The first-order chi connectivity index (χ1) is 7.70. The number of hydrogen-bond donors (Lipinski definition) is 0. The lowest BCUT2D eigenvalue weighted by Crippen LogP contribution is -1.89. The van der Waals surface area contributed by atoms with Gasteiger partial charge in [0.2, 0.25) is 0 Å². The second-order valence-electron chi connectivity index (χ2n) is 3.67. The maximum absolute atomic E-state index is 3.70. The van der Waals surface area contributed by atoms with Crippen LogP contribution < -0.4 is 0 Å². The van der Waals surface area contributed by atoms with Crippen LogP contribution in [0.4, 0.5) is 0 Å². The van der Waals surface area contributed by atoms with Crippen molar-refractivity contribution < 1.29 is 0 Å². The van der Waals surface area contributed by atoms with Crippen LogP contribution in [0.15, 0.2) is 62.6 Å². The molecule has 0 radical (unpaired) electrons. The van der Waals surface area contributed by atoms with E-state index in [2.05, 4.69) is 44.7 Å². The second kappa shape index (κ2) is 4.98. The van der Waals surface area contributed by atoms with Gasteiger partial charge in [-0.3, -0.25) is 0 Å². The summed E-state index contributed by atoms with van der Waals surface area (Å²) in [6, 6.07) is 6.63. The van der Waals surface area contributed by atoms with Gasteiger partial charge in [0.25, 0.3) is 0 Å². The molecule has 1 aromatic rings. The van der Waals surface area contributed by atoms with Crippen molar-refractivity contribution in [2.45, 2.75) is 23.6 Å². The maximum atomic E-state index is 3.70. The summed E-state index contributed by atoms with van der Waals surface area (Å²) in [6.07, 6.45) is 5.94. The van der Waals surface area contributed by atoms with Gasteiger partial charge in [-0.25, -0.2) is 0 Å². The van der Waals surface area contributed by atoms with Crippen molar-refractivity contribution in [2.24, 2.45) is 0 Å². The quantitative estimate of drug-likeness (QED) is 0.660. The van der Waals surface area contributed by atoms with E-state index in [0.29, 0.717) is 0 Å². The standard InChI is InChI=1S/C14H14S2/c1-4-5-6-12-11(3)15-13-8-7-10(2)9-14(13)16-12/h4-9H,1H2,2-3H3/b6-5-. The highest BCUT2D eigenvalue weighted by Gasteiger charge is 2.15. The third-order valence-corrected chi connectivity index (χ3v) is 4.89. The summed E-state index contributed by atoms with van der Waals surface area (Å²) in [6.45, 7) is 8.01. The predicted molar refractivity (Wildman–Crippen MR) is 74.9 cm³/mol. The number of rotatable bonds is 2. The third-order valence-electron chi connectivity index (χ3n) is 2.31. The molecule has 1 aromatic carbocycles. The van der Waals surface area contributed by atoms with Gasteiger partial charge in [0.15, 0.2) is 0 Å². The molecule has 2 rings (SSSR count). The van der Waals surface area contributed by atoms with E-state index in [1.165, 1.54) is 25.2 Å². The molecular formula is C14H14S2. The average Bonchev–Trinajstić information content (AvgIpc) is 2.27. The van der Waals surface area contributed by atoms with Crippen molar-refractivity contribution in [1.29, 1.82) is 0 Å². The number of hydrogen-bond acceptors (Lipinski definition) is 2. The molecular weight excluding hydrogens is 232 g/mol. The molecule has 0 saturated carbocycles. The van der Waals surface area contributed by atoms with E-state index >= 15 is 0 Å². The zero-order valence-electron chi connectivity index (χ0n) is 9.49. The van der Waals surface area contributed by atoms with E-state index in [-0.39, 0.29) is 0 Å². The first kappa shape index (κ1) is 11.6. The Labute approximate surface area is 106 Å². The highest BCUT2D eigenvalue weighted by molar-refractivity contribution is 8.09. The Balaban J connectivity index is 2.34. The summed E-state index contributed by atoms with van der Waals surface area (Å²) in [7, 11) is 0. The molecule has 82 valence electrons. The fourth-order valence-electron chi connectivity index (χ4n) is 1.49. The summed E-state index contributed by atoms with van der Waals surface area (Å²) in [4.78, 5) is 5.41. The van der Waals surface area contributed by atoms with Crippen LogP contribution in [-0.4, -0.2) is 0 Å². The molecule has 0 amide bonds. The fraction of sp³-hybridized carbons (Fsp3) is 0.143. The van der Waals surface area contributed by atoms with Gasteiger partial charge >= 0.3 is 0 Å². The molecule has 0 N–H and O–H groups in total. The van der Waals surface area contributed by atoms with Crippen molar-refractivity contribution in [1.82, 2.24) is 0 Å². The van der Waals surface area contributed by atoms with Gasteiger partial charge in [-0.2, -0.15) is 0 Å². The van der Waals surface area contributed by atoms with Crippen LogP contribution in [0.1, 0.15) is 12.5 Å². The van der Waals surface area contributed by atoms with Crippen LogP contribution in [0, 0.1) is 6.92 Å². The molecule has 0 spiro atoms. The van der Waals surface area contributed by atoms with E-state index in [1.54, 1.807) is 0 Å². The first-order valence-electron chi connectivity index (χ1n) is 5.17. The number of aryl methyl sites for hydroxylation is 1. The lowest BCUT2D eigenvalue weighted by molar-refractivity contribution is 1.21. The van der Waals surface area contributed by atoms with Crippen molar-refractivity contribution in [3.63, 3.8) is 0 Å². The van der Waals surface area contributed by atoms with Gasteiger partial charge in [0.05, 0.1) is 0 Å². The smallest absolute Gasteiger partial charge is 0.0264 e. The molecule has 0 saturated heterocycles. The Morgan fingerprint density at radius 2 is 1.94 bits per heavy atom. The van der Waals surface area contributed by atoms with Crippen LogP contribution in [0.2, 0.25) is 0 Å². The molecule has 16 heavy (non-hydrogen) atoms. The Bertz CT molecular complexity index is 482. The van der Waals surface area contributed by atoms with E-state index in [9.17, 15) is 0 Å². The SMILES string of the molecule is C=C/C=C\C1=C(C)Sc2ccc(C)cc2S1. The normalized spacial score (nSPS) is 15.4. The van der Waals surface area contributed by atoms with Gasteiger partial charge in [-0.05, 0) is 37.6 Å². The van der Waals surface area contributed by atoms with Gasteiger partial charge in [0.1, 0.15) is 0 Å². The number of benzene rings is 1. The minimum atomic E-state index is 1.32. The van der Waals surface area contributed by atoms with Gasteiger partial charge < -0.3 is 0 Å². The molecule has 1 aliphatic rings. The predicted octanol–water partition coefficient (Wildman–Crippen LogP) is 5.17. The first-order valence-corrected chi connectivity index (χ1v) is 6.80. The molecule has 0 unspecified atom stereocenters. The highest BCUT2D eigenvalue weighted by Crippen LogP contribution is 2.47. The van der Waals surface area contributed by atoms with Crippen LogP contribution in [0.25, 0.3) is 0 Å². The lowest BCUT2D eigenvalue weighted by atomic mass is 10.2. The topological polar surface area (TPSA) is 0 Å². The van der Waals surface area contributed by atoms with E-state index < -0.39 is 0 Å². The number of thioether (sulfide) groups is 2. The highest BCUT2D eigenvalue weighted by atomic mass is 32.2. The second-order valence-corrected chi connectivity index (χ2v) is 6.01. The Hall–Kier alpha value is -0.860.